The predicted molar refractivity (Wildman–Crippen MR) is 148 cm³/mol. The first kappa shape index (κ1) is 25.9. The molecule has 186 valence electrons. The fourth-order valence-electron chi connectivity index (χ4n) is 3.60. The summed E-state index contributed by atoms with van der Waals surface area (Å²) in [5.41, 5.74) is 3.97. The standard InChI is InChI=1S/C27H25Cl2N3O3S/c1-4-22(26(33)30-21-7-5-6-20(28)23(21)29)36-27-31-24(16-8-12-18(34-2)13-9-16)25(32-27)17-10-14-19(35-3)15-11-17/h5-15,22H,4H2,1-3H3,(H,30,33)(H,31,32). The number of nitrogens with one attached hydrogen (secondary N) is 2. The van der Waals surface area contributed by atoms with E-state index in [2.05, 4.69) is 10.3 Å². The van der Waals surface area contributed by atoms with Crippen LogP contribution in [0.1, 0.15) is 13.3 Å². The average Bonchev–Trinajstić information content (AvgIpc) is 3.33. The SMILES string of the molecule is CCC(Sc1nc(-c2ccc(OC)cc2)c(-c2ccc(OC)cc2)[nH]1)C(=O)Nc1cccc(Cl)c1Cl. The van der Waals surface area contributed by atoms with Crippen molar-refractivity contribution in [1.82, 2.24) is 9.97 Å². The van der Waals surface area contributed by atoms with Crippen molar-refractivity contribution < 1.29 is 14.3 Å². The molecule has 1 unspecified atom stereocenters. The molecule has 0 aliphatic heterocycles. The molecule has 0 fully saturated rings. The third-order valence-corrected chi connectivity index (χ3v) is 7.62. The Balaban J connectivity index is 1.65. The smallest absolute Gasteiger partial charge is 0.238 e. The van der Waals surface area contributed by atoms with Crippen LogP contribution in [0.2, 0.25) is 10.0 Å². The summed E-state index contributed by atoms with van der Waals surface area (Å²) < 4.78 is 10.6. The lowest BCUT2D eigenvalue weighted by molar-refractivity contribution is -0.115. The number of carbonyl (C=O) groups is 1. The molecule has 0 aliphatic carbocycles. The minimum absolute atomic E-state index is 0.180. The monoisotopic (exact) mass is 541 g/mol. The van der Waals surface area contributed by atoms with E-state index >= 15 is 0 Å². The number of imidazole rings is 1. The van der Waals surface area contributed by atoms with Gasteiger partial charge >= 0.3 is 0 Å². The summed E-state index contributed by atoms with van der Waals surface area (Å²) in [6, 6.07) is 20.6. The number of nitrogens with zero attached hydrogens (tertiary/aromatic N) is 1. The maximum absolute atomic E-state index is 13.1. The Morgan fingerprint density at radius 2 is 1.58 bits per heavy atom. The number of methoxy groups -OCH3 is 2. The second kappa shape index (κ2) is 11.7. The molecule has 9 heteroatoms. The van der Waals surface area contributed by atoms with Crippen molar-refractivity contribution in [2.24, 2.45) is 0 Å². The molecule has 3 aromatic carbocycles. The van der Waals surface area contributed by atoms with Crippen molar-refractivity contribution >= 4 is 46.6 Å². The lowest BCUT2D eigenvalue weighted by Gasteiger charge is -2.14. The molecule has 2 N–H and O–H groups in total. The third-order valence-electron chi connectivity index (χ3n) is 5.55. The predicted octanol–water partition coefficient (Wildman–Crippen LogP) is 7.58. The molecule has 4 rings (SSSR count). The Morgan fingerprint density at radius 1 is 0.972 bits per heavy atom. The van der Waals surface area contributed by atoms with E-state index in [1.54, 1.807) is 32.4 Å². The Labute approximate surface area is 224 Å². The summed E-state index contributed by atoms with van der Waals surface area (Å²) >= 11 is 13.7. The van der Waals surface area contributed by atoms with Gasteiger partial charge in [0.25, 0.3) is 0 Å². The number of hydrogen-bond donors (Lipinski definition) is 2. The van der Waals surface area contributed by atoms with Gasteiger partial charge in [-0.05, 0) is 67.1 Å². The van der Waals surface area contributed by atoms with Crippen LogP contribution < -0.4 is 14.8 Å². The van der Waals surface area contributed by atoms with Gasteiger partial charge in [0.05, 0.1) is 46.6 Å². The van der Waals surface area contributed by atoms with E-state index in [-0.39, 0.29) is 5.91 Å². The maximum atomic E-state index is 13.1. The van der Waals surface area contributed by atoms with Crippen molar-refractivity contribution in [2.45, 2.75) is 23.8 Å². The molecule has 1 heterocycles. The molecule has 1 amide bonds. The summed E-state index contributed by atoms with van der Waals surface area (Å²) in [5, 5.41) is 3.81. The first-order chi connectivity index (χ1) is 17.4. The number of benzene rings is 3. The number of hydrogen-bond acceptors (Lipinski definition) is 5. The topological polar surface area (TPSA) is 76.2 Å². The summed E-state index contributed by atoms with van der Waals surface area (Å²) in [5.74, 6) is 1.35. The lowest BCUT2D eigenvalue weighted by Crippen LogP contribution is -2.24. The van der Waals surface area contributed by atoms with Gasteiger partial charge in [0.15, 0.2) is 5.16 Å². The number of rotatable bonds is 9. The van der Waals surface area contributed by atoms with Crippen LogP contribution in [0.3, 0.4) is 0 Å². The largest absolute Gasteiger partial charge is 0.497 e. The van der Waals surface area contributed by atoms with Crippen molar-refractivity contribution in [3.8, 4) is 34.0 Å². The van der Waals surface area contributed by atoms with Crippen LogP contribution >= 0.6 is 35.0 Å². The van der Waals surface area contributed by atoms with Gasteiger partial charge in [-0.15, -0.1) is 0 Å². The van der Waals surface area contributed by atoms with Gasteiger partial charge in [-0.3, -0.25) is 4.79 Å². The number of thioether (sulfide) groups is 1. The molecule has 0 bridgehead atoms. The summed E-state index contributed by atoms with van der Waals surface area (Å²) in [6.07, 6.45) is 0.588. The van der Waals surface area contributed by atoms with Gasteiger partial charge in [-0.25, -0.2) is 4.98 Å². The highest BCUT2D eigenvalue weighted by Gasteiger charge is 2.23. The second-order valence-electron chi connectivity index (χ2n) is 7.83. The number of aromatic amines is 1. The van der Waals surface area contributed by atoms with Gasteiger partial charge < -0.3 is 19.8 Å². The molecule has 1 aromatic heterocycles. The third kappa shape index (κ3) is 5.81. The van der Waals surface area contributed by atoms with Crippen molar-refractivity contribution in [3.63, 3.8) is 0 Å². The minimum Gasteiger partial charge on any atom is -0.497 e. The van der Waals surface area contributed by atoms with Crippen LogP contribution in [0.5, 0.6) is 11.5 Å². The highest BCUT2D eigenvalue weighted by molar-refractivity contribution is 8.00. The number of carbonyl (C=O) groups excluding carboxylic acids is 1. The number of halogens is 2. The quantitative estimate of drug-likeness (QED) is 0.213. The molecule has 4 aromatic rings. The Kier molecular flexibility index (Phi) is 8.46. The molecule has 0 saturated heterocycles. The zero-order valence-corrected chi connectivity index (χ0v) is 22.3. The summed E-state index contributed by atoms with van der Waals surface area (Å²) in [7, 11) is 3.27. The van der Waals surface area contributed by atoms with E-state index in [1.165, 1.54) is 11.8 Å². The van der Waals surface area contributed by atoms with E-state index in [4.69, 9.17) is 37.7 Å². The number of amides is 1. The van der Waals surface area contributed by atoms with E-state index < -0.39 is 5.25 Å². The van der Waals surface area contributed by atoms with Crippen LogP contribution in [0.15, 0.2) is 71.9 Å². The first-order valence-corrected chi connectivity index (χ1v) is 12.9. The van der Waals surface area contributed by atoms with Gasteiger partial charge in [-0.1, -0.05) is 48.0 Å². The van der Waals surface area contributed by atoms with Gasteiger partial charge in [0, 0.05) is 11.1 Å². The minimum atomic E-state index is -0.404. The summed E-state index contributed by atoms with van der Waals surface area (Å²) in [6.45, 7) is 1.95. The molecule has 0 saturated carbocycles. The van der Waals surface area contributed by atoms with Crippen LogP contribution in [0.4, 0.5) is 5.69 Å². The number of anilines is 1. The molecule has 1 atom stereocenters. The van der Waals surface area contributed by atoms with E-state index in [0.717, 1.165) is 34.0 Å². The number of aromatic nitrogens is 2. The van der Waals surface area contributed by atoms with E-state index in [9.17, 15) is 4.79 Å². The van der Waals surface area contributed by atoms with Gasteiger partial charge in [-0.2, -0.15) is 0 Å². The highest BCUT2D eigenvalue weighted by atomic mass is 35.5. The normalized spacial score (nSPS) is 11.7. The van der Waals surface area contributed by atoms with Crippen LogP contribution in [0, 0.1) is 0 Å². The van der Waals surface area contributed by atoms with Crippen LogP contribution in [-0.2, 0) is 4.79 Å². The lowest BCUT2D eigenvalue weighted by atomic mass is 10.0. The Bertz CT molecular complexity index is 1280. The van der Waals surface area contributed by atoms with Gasteiger partial charge in [0.2, 0.25) is 5.91 Å². The molecule has 36 heavy (non-hydrogen) atoms. The Hall–Kier alpha value is -3.13. The van der Waals surface area contributed by atoms with Crippen molar-refractivity contribution in [2.75, 3.05) is 19.5 Å². The fraction of sp³-hybridized carbons (Fsp3) is 0.185. The number of ether oxygens (including phenoxy) is 2. The molecule has 0 aliphatic rings. The van der Waals surface area contributed by atoms with E-state index in [0.29, 0.717) is 27.3 Å². The average molecular weight is 542 g/mol. The van der Waals surface area contributed by atoms with E-state index in [1.807, 2.05) is 55.5 Å². The highest BCUT2D eigenvalue weighted by Crippen LogP contribution is 2.36. The fourth-order valence-corrected chi connectivity index (χ4v) is 4.86. The summed E-state index contributed by atoms with van der Waals surface area (Å²) in [4.78, 5) is 21.4. The molecular weight excluding hydrogens is 517 g/mol. The van der Waals surface area contributed by atoms with Crippen LogP contribution in [0.25, 0.3) is 22.5 Å². The molecule has 6 nitrogen and oxygen atoms in total. The number of H-pyrrole nitrogens is 1. The zero-order chi connectivity index (χ0) is 25.7. The molecule has 0 radical (unpaired) electrons. The maximum Gasteiger partial charge on any atom is 0.238 e. The molecular formula is C27H25Cl2N3O3S. The van der Waals surface area contributed by atoms with Gasteiger partial charge in [0.1, 0.15) is 11.5 Å². The Morgan fingerprint density at radius 3 is 2.17 bits per heavy atom. The molecule has 0 spiro atoms. The van der Waals surface area contributed by atoms with Crippen molar-refractivity contribution in [1.29, 1.82) is 0 Å². The second-order valence-corrected chi connectivity index (χ2v) is 9.80. The zero-order valence-electron chi connectivity index (χ0n) is 20.0. The first-order valence-electron chi connectivity index (χ1n) is 11.2. The van der Waals surface area contributed by atoms with Crippen LogP contribution in [-0.4, -0.2) is 35.3 Å². The van der Waals surface area contributed by atoms with Crippen molar-refractivity contribution in [3.05, 3.63) is 76.8 Å².